The number of hydrogen-bond donors (Lipinski definition) is 3. The lowest BCUT2D eigenvalue weighted by Gasteiger charge is -2.34. The summed E-state index contributed by atoms with van der Waals surface area (Å²) in [6, 6.07) is -0.564. The van der Waals surface area contributed by atoms with Gasteiger partial charge in [-0.25, -0.2) is 9.37 Å². The maximum atomic E-state index is 15.1. The van der Waals surface area contributed by atoms with Gasteiger partial charge in [-0.05, 0) is 25.5 Å². The van der Waals surface area contributed by atoms with Crippen molar-refractivity contribution in [2.24, 2.45) is 17.3 Å². The summed E-state index contributed by atoms with van der Waals surface area (Å²) in [5, 5.41) is 27.2. The number of hydrogen-bond acceptors (Lipinski definition) is 8. The highest BCUT2D eigenvalue weighted by Crippen LogP contribution is 2.42. The molecule has 2 aliphatic heterocycles. The lowest BCUT2D eigenvalue weighted by molar-refractivity contribution is -0.143. The zero-order valence-electron chi connectivity index (χ0n) is 21.2. The van der Waals surface area contributed by atoms with Crippen LogP contribution < -0.4 is 5.32 Å². The molecule has 3 heterocycles. The van der Waals surface area contributed by atoms with Crippen molar-refractivity contribution in [2.75, 3.05) is 13.2 Å². The van der Waals surface area contributed by atoms with Crippen LogP contribution >= 0.6 is 11.3 Å². The van der Waals surface area contributed by atoms with Gasteiger partial charge in [0.25, 0.3) is 5.85 Å². The Morgan fingerprint density at radius 3 is 2.63 bits per heavy atom. The van der Waals surface area contributed by atoms with E-state index < -0.39 is 53.4 Å². The SMILES string of the molecule is C/C(=C\c1csc(C)n1)C1CC2OC2(F)COCC(C)C(O)C(C)C(=O)C(C)(C)C(O)CC(=O)N1. The minimum Gasteiger partial charge on any atom is -0.392 e. The molecular formula is C25H37FN2O6S. The number of nitrogens with one attached hydrogen (secondary N) is 1. The highest BCUT2D eigenvalue weighted by molar-refractivity contribution is 7.09. The number of aryl methyl sites for hydroxylation is 1. The van der Waals surface area contributed by atoms with E-state index in [2.05, 4.69) is 10.3 Å². The van der Waals surface area contributed by atoms with E-state index >= 15 is 4.39 Å². The Hall–Kier alpha value is -1.72. The number of nitrogens with zero attached hydrogens (tertiary/aromatic N) is 1. The van der Waals surface area contributed by atoms with E-state index in [1.54, 1.807) is 27.7 Å². The van der Waals surface area contributed by atoms with Crippen LogP contribution in [0.4, 0.5) is 4.39 Å². The third kappa shape index (κ3) is 6.54. The Labute approximate surface area is 209 Å². The van der Waals surface area contributed by atoms with Crippen LogP contribution in [0.1, 0.15) is 58.2 Å². The third-order valence-corrected chi connectivity index (χ3v) is 7.94. The van der Waals surface area contributed by atoms with E-state index in [-0.39, 0.29) is 31.8 Å². The minimum atomic E-state index is -1.98. The van der Waals surface area contributed by atoms with Crippen molar-refractivity contribution in [3.63, 3.8) is 0 Å². The molecule has 1 aromatic heterocycles. The summed E-state index contributed by atoms with van der Waals surface area (Å²) >= 11 is 1.50. The normalized spacial score (nSPS) is 37.5. The van der Waals surface area contributed by atoms with Crippen molar-refractivity contribution in [1.29, 1.82) is 0 Å². The average Bonchev–Trinajstić information content (AvgIpc) is 3.22. The van der Waals surface area contributed by atoms with E-state index in [1.165, 1.54) is 11.3 Å². The number of fused-ring (bicyclic) bond motifs is 1. The van der Waals surface area contributed by atoms with Crippen molar-refractivity contribution in [3.8, 4) is 0 Å². The summed E-state index contributed by atoms with van der Waals surface area (Å²) in [7, 11) is 0. The maximum Gasteiger partial charge on any atom is 0.259 e. The molecule has 3 N–H and O–H groups in total. The zero-order valence-corrected chi connectivity index (χ0v) is 22.0. The highest BCUT2D eigenvalue weighted by Gasteiger charge is 2.59. The largest absolute Gasteiger partial charge is 0.392 e. The monoisotopic (exact) mass is 512 g/mol. The smallest absolute Gasteiger partial charge is 0.259 e. The van der Waals surface area contributed by atoms with E-state index in [0.717, 1.165) is 16.3 Å². The Kier molecular flexibility index (Phi) is 8.53. The summed E-state index contributed by atoms with van der Waals surface area (Å²) in [4.78, 5) is 30.5. The Balaban J connectivity index is 1.85. The molecule has 35 heavy (non-hydrogen) atoms. The van der Waals surface area contributed by atoms with Gasteiger partial charge in [-0.3, -0.25) is 9.59 Å². The number of halogens is 1. The molecule has 8 nitrogen and oxygen atoms in total. The number of aromatic nitrogens is 1. The number of alkyl halides is 1. The third-order valence-electron chi connectivity index (χ3n) is 7.14. The highest BCUT2D eigenvalue weighted by atomic mass is 32.1. The van der Waals surface area contributed by atoms with Gasteiger partial charge in [0.05, 0.1) is 47.4 Å². The first-order valence-corrected chi connectivity index (χ1v) is 12.9. The molecule has 0 spiro atoms. The predicted molar refractivity (Wildman–Crippen MR) is 130 cm³/mol. The molecule has 1 amide bonds. The number of carbonyl (C=O) groups is 2. The molecule has 1 aromatic rings. The van der Waals surface area contributed by atoms with Crippen molar-refractivity contribution >= 4 is 29.1 Å². The Bertz CT molecular complexity index is 966. The number of ketones is 1. The average molecular weight is 513 g/mol. The van der Waals surface area contributed by atoms with Crippen LogP contribution in [-0.2, 0) is 19.1 Å². The summed E-state index contributed by atoms with van der Waals surface area (Å²) in [6.07, 6.45) is -1.40. The predicted octanol–water partition coefficient (Wildman–Crippen LogP) is 2.80. The Morgan fingerprint density at radius 2 is 2.00 bits per heavy atom. The molecule has 0 aliphatic carbocycles. The lowest BCUT2D eigenvalue weighted by atomic mass is 9.73. The van der Waals surface area contributed by atoms with Gasteiger partial charge in [-0.1, -0.05) is 27.7 Å². The van der Waals surface area contributed by atoms with Gasteiger partial charge in [-0.15, -0.1) is 11.3 Å². The van der Waals surface area contributed by atoms with Crippen LogP contribution in [0.3, 0.4) is 0 Å². The number of carbonyl (C=O) groups excluding carboxylic acids is 2. The van der Waals surface area contributed by atoms with Gasteiger partial charge < -0.3 is 25.0 Å². The van der Waals surface area contributed by atoms with Gasteiger partial charge in [-0.2, -0.15) is 0 Å². The van der Waals surface area contributed by atoms with Crippen LogP contribution in [0.25, 0.3) is 6.08 Å². The molecule has 2 saturated heterocycles. The molecule has 7 unspecified atom stereocenters. The van der Waals surface area contributed by atoms with Crippen molar-refractivity contribution < 1.29 is 33.7 Å². The molecule has 0 saturated carbocycles. The summed E-state index contributed by atoms with van der Waals surface area (Å²) in [5.41, 5.74) is 0.242. The second-order valence-electron chi connectivity index (χ2n) is 10.5. The van der Waals surface area contributed by atoms with E-state index in [4.69, 9.17) is 9.47 Å². The summed E-state index contributed by atoms with van der Waals surface area (Å²) < 4.78 is 25.9. The summed E-state index contributed by atoms with van der Waals surface area (Å²) in [6.45, 7) is 9.91. The van der Waals surface area contributed by atoms with E-state index in [9.17, 15) is 19.8 Å². The second-order valence-corrected chi connectivity index (χ2v) is 11.6. The van der Waals surface area contributed by atoms with Gasteiger partial charge in [0, 0.05) is 23.6 Å². The number of aliphatic hydroxyl groups is 2. The molecular weight excluding hydrogens is 475 g/mol. The number of ether oxygens (including phenoxy) is 2. The fourth-order valence-corrected chi connectivity index (χ4v) is 5.04. The number of amides is 1. The number of Topliss-reactive ketones (excluding diaryl/α,β-unsaturated/α-hetero) is 1. The lowest BCUT2D eigenvalue weighted by Crippen LogP contribution is -2.48. The number of thiazole rings is 1. The van der Waals surface area contributed by atoms with Crippen LogP contribution in [0, 0.1) is 24.2 Å². The molecule has 10 heteroatoms. The topological polar surface area (TPSA) is 121 Å². The molecule has 0 bridgehead atoms. The molecule has 0 radical (unpaired) electrons. The second kappa shape index (κ2) is 10.7. The van der Waals surface area contributed by atoms with Crippen molar-refractivity contribution in [1.82, 2.24) is 10.3 Å². The molecule has 3 rings (SSSR count). The first-order chi connectivity index (χ1) is 16.2. The molecule has 7 atom stereocenters. The quantitative estimate of drug-likeness (QED) is 0.521. The van der Waals surface area contributed by atoms with Gasteiger partial charge in [0.2, 0.25) is 5.91 Å². The molecule has 196 valence electrons. The van der Waals surface area contributed by atoms with Crippen LogP contribution in [-0.4, -0.2) is 70.3 Å². The van der Waals surface area contributed by atoms with Gasteiger partial charge in [0.15, 0.2) is 0 Å². The zero-order chi connectivity index (χ0) is 26.1. The van der Waals surface area contributed by atoms with Gasteiger partial charge in [0.1, 0.15) is 18.5 Å². The van der Waals surface area contributed by atoms with E-state index in [0.29, 0.717) is 0 Å². The number of epoxide rings is 1. The molecule has 2 fully saturated rings. The van der Waals surface area contributed by atoms with Crippen molar-refractivity contribution in [3.05, 3.63) is 21.7 Å². The molecule has 2 aliphatic rings. The maximum absolute atomic E-state index is 15.1. The Morgan fingerprint density at radius 1 is 1.31 bits per heavy atom. The van der Waals surface area contributed by atoms with Crippen LogP contribution in [0.5, 0.6) is 0 Å². The fourth-order valence-electron chi connectivity index (χ4n) is 4.47. The summed E-state index contributed by atoms with van der Waals surface area (Å²) in [5.74, 6) is -4.06. The van der Waals surface area contributed by atoms with Gasteiger partial charge >= 0.3 is 0 Å². The van der Waals surface area contributed by atoms with Crippen LogP contribution in [0.2, 0.25) is 0 Å². The number of rotatable bonds is 2. The first kappa shape index (κ1) is 27.9. The minimum absolute atomic E-state index is 0.0474. The standard InChI is InChI=1S/C25H37FN2O6S/c1-13(7-17-11-35-16(4)27-17)18-8-20-25(26,34-20)12-33-10-14(2)22(31)15(3)23(32)24(5,6)19(29)9-21(30)28-18/h7,11,14-15,18-20,22,29,31H,8-10,12H2,1-6H3,(H,28,30)/b13-7+. The molecule has 0 aromatic carbocycles. The van der Waals surface area contributed by atoms with Crippen molar-refractivity contribution in [2.45, 2.75) is 84.6 Å². The fraction of sp³-hybridized carbons (Fsp3) is 0.720. The van der Waals surface area contributed by atoms with Crippen LogP contribution in [0.15, 0.2) is 11.0 Å². The first-order valence-electron chi connectivity index (χ1n) is 12.0. The number of aliphatic hydroxyl groups excluding tert-OH is 2. The van der Waals surface area contributed by atoms with E-state index in [1.807, 2.05) is 25.3 Å².